The summed E-state index contributed by atoms with van der Waals surface area (Å²) in [5.74, 6) is -2.67. The van der Waals surface area contributed by atoms with Crippen molar-refractivity contribution >= 4 is 27.6 Å². The lowest BCUT2D eigenvalue weighted by atomic mass is 10.2. The van der Waals surface area contributed by atoms with Gasteiger partial charge in [0.05, 0.1) is 18.6 Å². The Labute approximate surface area is 121 Å². The van der Waals surface area contributed by atoms with Crippen LogP contribution in [-0.2, 0) is 19.6 Å². The second-order valence-electron chi connectivity index (χ2n) is 4.14. The van der Waals surface area contributed by atoms with Crippen LogP contribution in [0.15, 0.2) is 18.2 Å². The van der Waals surface area contributed by atoms with Gasteiger partial charge in [0.25, 0.3) is 0 Å². The van der Waals surface area contributed by atoms with E-state index < -0.39 is 27.7 Å². The fraction of sp³-hybridized carbons (Fsp3) is 0.333. The van der Waals surface area contributed by atoms with E-state index in [0.717, 1.165) is 12.1 Å². The van der Waals surface area contributed by atoms with Gasteiger partial charge in [-0.3, -0.25) is 9.52 Å². The molecule has 0 aliphatic carbocycles. The summed E-state index contributed by atoms with van der Waals surface area (Å²) in [6.07, 6.45) is 0.0574. The number of carboxylic acids is 1. The summed E-state index contributed by atoms with van der Waals surface area (Å²) >= 11 is 0. The maximum absolute atomic E-state index is 11.7. The number of aromatic carboxylic acids is 1. The van der Waals surface area contributed by atoms with E-state index in [1.165, 1.54) is 13.2 Å². The molecule has 0 aliphatic heterocycles. The summed E-state index contributed by atoms with van der Waals surface area (Å²) in [6.45, 7) is 0. The first-order valence-corrected chi connectivity index (χ1v) is 7.54. The summed E-state index contributed by atoms with van der Waals surface area (Å²) in [5.41, 5.74) is -0.292. The minimum Gasteiger partial charge on any atom is -0.507 e. The van der Waals surface area contributed by atoms with Crippen molar-refractivity contribution in [2.45, 2.75) is 12.8 Å². The molecular weight excluding hydrogens is 302 g/mol. The minimum atomic E-state index is -3.70. The molecule has 0 saturated carbocycles. The maximum atomic E-state index is 11.7. The zero-order valence-electron chi connectivity index (χ0n) is 11.2. The lowest BCUT2D eigenvalue weighted by molar-refractivity contribution is -0.140. The van der Waals surface area contributed by atoms with Crippen molar-refractivity contribution < 1.29 is 33.0 Å². The van der Waals surface area contributed by atoms with Crippen molar-refractivity contribution in [3.05, 3.63) is 23.8 Å². The molecule has 0 saturated heterocycles. The lowest BCUT2D eigenvalue weighted by Gasteiger charge is -2.09. The van der Waals surface area contributed by atoms with E-state index in [-0.39, 0.29) is 29.8 Å². The molecule has 21 heavy (non-hydrogen) atoms. The summed E-state index contributed by atoms with van der Waals surface area (Å²) < 4.78 is 30.1. The molecule has 9 heteroatoms. The van der Waals surface area contributed by atoms with E-state index in [0.29, 0.717) is 0 Å². The van der Waals surface area contributed by atoms with Crippen LogP contribution in [0, 0.1) is 0 Å². The molecule has 116 valence electrons. The van der Waals surface area contributed by atoms with Gasteiger partial charge < -0.3 is 14.9 Å². The molecule has 0 aliphatic rings. The number of ether oxygens (including phenoxy) is 1. The Morgan fingerprint density at radius 3 is 2.52 bits per heavy atom. The molecule has 0 unspecified atom stereocenters. The van der Waals surface area contributed by atoms with E-state index >= 15 is 0 Å². The molecule has 0 aromatic heterocycles. The van der Waals surface area contributed by atoms with Crippen molar-refractivity contribution in [1.82, 2.24) is 0 Å². The lowest BCUT2D eigenvalue weighted by Crippen LogP contribution is -2.17. The average molecular weight is 317 g/mol. The van der Waals surface area contributed by atoms with E-state index in [2.05, 4.69) is 9.46 Å². The van der Waals surface area contributed by atoms with Gasteiger partial charge in [0.2, 0.25) is 10.0 Å². The molecule has 1 aromatic rings. The van der Waals surface area contributed by atoms with Crippen molar-refractivity contribution in [1.29, 1.82) is 0 Å². The van der Waals surface area contributed by atoms with E-state index in [1.807, 2.05) is 0 Å². The highest BCUT2D eigenvalue weighted by molar-refractivity contribution is 7.92. The zero-order valence-corrected chi connectivity index (χ0v) is 12.0. The quantitative estimate of drug-likeness (QED) is 0.634. The Bertz CT molecular complexity index is 639. The zero-order chi connectivity index (χ0) is 16.0. The van der Waals surface area contributed by atoms with Crippen LogP contribution in [0.3, 0.4) is 0 Å². The van der Waals surface area contributed by atoms with E-state index in [1.54, 1.807) is 0 Å². The standard InChI is InChI=1S/C12H15NO7S/c1-20-11(15)3-2-6-21(18,19)13-8-4-5-9(12(16)17)10(14)7-8/h4-5,7,13-14H,2-3,6H2,1H3,(H,16,17). The van der Waals surface area contributed by atoms with Crippen molar-refractivity contribution in [2.75, 3.05) is 17.6 Å². The molecule has 0 radical (unpaired) electrons. The van der Waals surface area contributed by atoms with Crippen LogP contribution in [-0.4, -0.2) is 43.4 Å². The molecular formula is C12H15NO7S. The number of phenols is 1. The number of rotatable bonds is 7. The highest BCUT2D eigenvalue weighted by Crippen LogP contribution is 2.22. The largest absolute Gasteiger partial charge is 0.507 e. The third-order valence-corrected chi connectivity index (χ3v) is 3.90. The minimum absolute atomic E-state index is 0.0272. The van der Waals surface area contributed by atoms with Gasteiger partial charge in [-0.05, 0) is 18.6 Å². The predicted molar refractivity (Wildman–Crippen MR) is 73.7 cm³/mol. The first-order chi connectivity index (χ1) is 9.75. The summed E-state index contributed by atoms with van der Waals surface area (Å²) in [6, 6.07) is 3.31. The van der Waals surface area contributed by atoms with Crippen molar-refractivity contribution in [3.63, 3.8) is 0 Å². The van der Waals surface area contributed by atoms with Crippen LogP contribution in [0.5, 0.6) is 5.75 Å². The number of carboxylic acid groups (broad SMARTS) is 1. The number of hydrogen-bond acceptors (Lipinski definition) is 6. The molecule has 1 rings (SSSR count). The topological polar surface area (TPSA) is 130 Å². The number of esters is 1. The van der Waals surface area contributed by atoms with Crippen LogP contribution >= 0.6 is 0 Å². The van der Waals surface area contributed by atoms with Gasteiger partial charge in [-0.25, -0.2) is 13.2 Å². The molecule has 1 aromatic carbocycles. The Balaban J connectivity index is 2.69. The highest BCUT2D eigenvalue weighted by Gasteiger charge is 2.14. The van der Waals surface area contributed by atoms with Gasteiger partial charge in [-0.2, -0.15) is 0 Å². The second-order valence-corrected chi connectivity index (χ2v) is 5.98. The van der Waals surface area contributed by atoms with Crippen LogP contribution in [0.4, 0.5) is 5.69 Å². The first kappa shape index (κ1) is 16.8. The smallest absolute Gasteiger partial charge is 0.339 e. The average Bonchev–Trinajstić information content (AvgIpc) is 2.37. The Hall–Kier alpha value is -2.29. The van der Waals surface area contributed by atoms with Gasteiger partial charge in [-0.1, -0.05) is 0 Å². The predicted octanol–water partition coefficient (Wildman–Crippen LogP) is 0.785. The number of hydrogen-bond donors (Lipinski definition) is 3. The van der Waals surface area contributed by atoms with E-state index in [9.17, 15) is 23.1 Å². The van der Waals surface area contributed by atoms with Crippen LogP contribution in [0.25, 0.3) is 0 Å². The molecule has 0 spiro atoms. The van der Waals surface area contributed by atoms with Crippen LogP contribution in [0.1, 0.15) is 23.2 Å². The van der Waals surface area contributed by atoms with E-state index in [4.69, 9.17) is 5.11 Å². The molecule has 0 bridgehead atoms. The van der Waals surface area contributed by atoms with Crippen molar-refractivity contribution in [3.8, 4) is 5.75 Å². The molecule has 0 heterocycles. The number of nitrogens with one attached hydrogen (secondary N) is 1. The summed E-state index contributed by atoms with van der Waals surface area (Å²) in [7, 11) is -2.49. The summed E-state index contributed by atoms with van der Waals surface area (Å²) in [4.78, 5) is 21.6. The molecule has 0 atom stereocenters. The highest BCUT2D eigenvalue weighted by atomic mass is 32.2. The van der Waals surface area contributed by atoms with Crippen LogP contribution in [0.2, 0.25) is 0 Å². The first-order valence-electron chi connectivity index (χ1n) is 5.89. The monoisotopic (exact) mass is 317 g/mol. The Morgan fingerprint density at radius 1 is 1.33 bits per heavy atom. The SMILES string of the molecule is COC(=O)CCCS(=O)(=O)Nc1ccc(C(=O)O)c(O)c1. The van der Waals surface area contributed by atoms with Gasteiger partial charge in [0.15, 0.2) is 0 Å². The van der Waals surface area contributed by atoms with Gasteiger partial charge in [-0.15, -0.1) is 0 Å². The summed E-state index contributed by atoms with van der Waals surface area (Å²) in [5, 5.41) is 18.2. The van der Waals surface area contributed by atoms with Crippen molar-refractivity contribution in [2.24, 2.45) is 0 Å². The molecule has 3 N–H and O–H groups in total. The number of carbonyl (C=O) groups is 2. The maximum Gasteiger partial charge on any atom is 0.339 e. The number of benzene rings is 1. The fourth-order valence-electron chi connectivity index (χ4n) is 1.52. The Kier molecular flexibility index (Phi) is 5.53. The van der Waals surface area contributed by atoms with Gasteiger partial charge in [0, 0.05) is 12.5 Å². The molecule has 0 amide bonds. The van der Waals surface area contributed by atoms with Gasteiger partial charge in [0.1, 0.15) is 11.3 Å². The van der Waals surface area contributed by atoms with Crippen LogP contribution < -0.4 is 4.72 Å². The third-order valence-electron chi connectivity index (χ3n) is 2.52. The number of anilines is 1. The number of aromatic hydroxyl groups is 1. The number of methoxy groups -OCH3 is 1. The number of carbonyl (C=O) groups excluding carboxylic acids is 1. The number of sulfonamides is 1. The van der Waals surface area contributed by atoms with Gasteiger partial charge >= 0.3 is 11.9 Å². The molecule has 0 fully saturated rings. The normalized spacial score (nSPS) is 10.9. The second kappa shape index (κ2) is 6.93. The molecule has 8 nitrogen and oxygen atoms in total. The Morgan fingerprint density at radius 2 is 2.00 bits per heavy atom. The fourth-order valence-corrected chi connectivity index (χ4v) is 2.63. The third kappa shape index (κ3) is 5.30.